The van der Waals surface area contributed by atoms with Gasteiger partial charge < -0.3 is 0 Å². The molecule has 0 saturated heterocycles. The predicted molar refractivity (Wildman–Crippen MR) is 132 cm³/mol. The molecule has 0 heterocycles. The van der Waals surface area contributed by atoms with Gasteiger partial charge in [-0.15, -0.1) is 65.4 Å². The van der Waals surface area contributed by atoms with Crippen LogP contribution in [0.15, 0.2) is 0 Å². The Morgan fingerprint density at radius 2 is 1.13 bits per heavy atom. The van der Waals surface area contributed by atoms with E-state index in [9.17, 15) is 0 Å². The van der Waals surface area contributed by atoms with Gasteiger partial charge in [-0.25, -0.2) is 0 Å². The van der Waals surface area contributed by atoms with Crippen molar-refractivity contribution in [3.8, 4) is 0 Å². The standard InChI is InChI=1S/C6H14I6Si3/c1-3-5-13(7,8)14(9,6-4-2)15(10,11)12/h3-6H2,1-2H3. The second kappa shape index (κ2) is 8.47. The molecule has 1 unspecified atom stereocenters. The fourth-order valence-electron chi connectivity index (χ4n) is 1.39. The van der Waals surface area contributed by atoms with Gasteiger partial charge in [0.15, 0.2) is 7.19 Å². The molecule has 0 aliphatic rings. The van der Waals surface area contributed by atoms with E-state index in [0.717, 1.165) is 0 Å². The maximum absolute atomic E-state index is 2.97. The smallest absolute Gasteiger partial charge is 0.120 e. The fourth-order valence-corrected chi connectivity index (χ4v) is 178. The van der Waals surface area contributed by atoms with Crippen LogP contribution in [0.3, 0.4) is 0 Å². The second-order valence-electron chi connectivity index (χ2n) is 3.50. The van der Waals surface area contributed by atoms with Gasteiger partial charge in [-0.2, -0.15) is 0 Å². The summed E-state index contributed by atoms with van der Waals surface area (Å²) in [6.45, 7) is 4.72. The highest BCUT2D eigenvalue weighted by Crippen LogP contribution is 2.55. The summed E-state index contributed by atoms with van der Waals surface area (Å²) in [6.07, 6.45) is 2.78. The Hall–Kier alpha value is 5.03. The predicted octanol–water partition coefficient (Wildman–Crippen LogP) is 6.90. The molecule has 0 rings (SSSR count). The van der Waals surface area contributed by atoms with Crippen molar-refractivity contribution in [3.63, 3.8) is 0 Å². The summed E-state index contributed by atoms with van der Waals surface area (Å²) in [6, 6.07) is 3.07. The summed E-state index contributed by atoms with van der Waals surface area (Å²) in [5.41, 5.74) is 0. The van der Waals surface area contributed by atoms with Crippen LogP contribution in [0, 0.1) is 0 Å². The van der Waals surface area contributed by atoms with Crippen molar-refractivity contribution >= 4 is 138 Å². The Bertz CT molecular complexity index is 206. The van der Waals surface area contributed by atoms with Gasteiger partial charge in [0, 0.05) is 0 Å². The molecule has 0 spiro atoms. The van der Waals surface area contributed by atoms with Crippen molar-refractivity contribution < 1.29 is 0 Å². The highest BCUT2D eigenvalue weighted by atomic mass is 127. The molecule has 0 aromatic carbocycles. The zero-order valence-corrected chi connectivity index (χ0v) is 24.5. The van der Waals surface area contributed by atoms with Gasteiger partial charge in [0.05, 0.1) is 0 Å². The zero-order valence-electron chi connectivity index (χ0n) is 8.60. The number of rotatable bonds is 6. The molecular formula is C6H14I6Si3. The Balaban J connectivity index is 5.10. The summed E-state index contributed by atoms with van der Waals surface area (Å²) >= 11 is 17.3. The molecule has 0 N–H and O–H groups in total. The average Bonchev–Trinajstić information content (AvgIpc) is 2.02. The van der Waals surface area contributed by atoms with Crippen LogP contribution in [0.4, 0.5) is 0 Å². The molecule has 1 atom stereocenters. The van der Waals surface area contributed by atoms with Crippen LogP contribution in [-0.4, -0.2) is 7.27 Å². The van der Waals surface area contributed by atoms with E-state index in [1.165, 1.54) is 18.9 Å². The largest absolute Gasteiger partial charge is 0.252 e. The van der Waals surface area contributed by atoms with E-state index in [2.05, 4.69) is 145 Å². The van der Waals surface area contributed by atoms with Crippen LogP contribution in [0.25, 0.3) is 0 Å². The highest BCUT2D eigenvalue weighted by molar-refractivity contribution is 14.4. The van der Waals surface area contributed by atoms with E-state index < -0.39 is 7.27 Å². The Morgan fingerprint density at radius 3 is 1.40 bits per heavy atom. The molecule has 0 aromatic heterocycles. The minimum Gasteiger partial charge on any atom is -0.120 e. The van der Waals surface area contributed by atoms with Crippen molar-refractivity contribution in [1.82, 2.24) is 0 Å². The third-order valence-corrected chi connectivity index (χ3v) is 153. The van der Waals surface area contributed by atoms with Gasteiger partial charge in [-0.3, -0.25) is 0 Å². The molecule has 9 heteroatoms. The van der Waals surface area contributed by atoms with Gasteiger partial charge in [0.25, 0.3) is 0.0813 Å². The summed E-state index contributed by atoms with van der Waals surface area (Å²) in [4.78, 5) is 0. The lowest BCUT2D eigenvalue weighted by Crippen LogP contribution is -2.61. The first kappa shape index (κ1) is 20.0. The molecule has 92 valence electrons. The van der Waals surface area contributed by atoms with Gasteiger partial charge in [0.2, 0.25) is 0 Å². The van der Waals surface area contributed by atoms with Crippen molar-refractivity contribution in [2.45, 2.75) is 38.8 Å². The van der Waals surface area contributed by atoms with E-state index in [-0.39, 0.29) is 0 Å². The lowest BCUT2D eigenvalue weighted by Gasteiger charge is -2.40. The molecule has 0 aliphatic carbocycles. The molecule has 0 bridgehead atoms. The summed E-state index contributed by atoms with van der Waals surface area (Å²) in [5, 5.41) is 0. The van der Waals surface area contributed by atoms with E-state index in [4.69, 9.17) is 0 Å². The van der Waals surface area contributed by atoms with Crippen LogP contribution in [-0.2, 0) is 0 Å². The van der Waals surface area contributed by atoms with Crippen LogP contribution in [0.2, 0.25) is 12.1 Å². The zero-order chi connectivity index (χ0) is 12.3. The van der Waals surface area contributed by atoms with Gasteiger partial charge in [-0.05, 0) is 12.1 Å². The number of halogens is 6. The molecule has 0 aromatic rings. The van der Waals surface area contributed by atoms with Crippen molar-refractivity contribution in [3.05, 3.63) is 0 Å². The van der Waals surface area contributed by atoms with Gasteiger partial charge in [-0.1, -0.05) is 92.1 Å². The van der Waals surface area contributed by atoms with E-state index in [1.54, 1.807) is 6.04 Å². The molecule has 0 amide bonds. The third kappa shape index (κ3) is 5.73. The van der Waals surface area contributed by atoms with Crippen LogP contribution in [0.1, 0.15) is 26.7 Å². The van der Waals surface area contributed by atoms with Crippen LogP contribution in [0.5, 0.6) is 0 Å². The topological polar surface area (TPSA) is 0 Å². The monoisotopic (exact) mass is 931 g/mol. The maximum Gasteiger partial charge on any atom is 0.252 e. The van der Waals surface area contributed by atoms with Crippen LogP contribution >= 0.6 is 131 Å². The first-order chi connectivity index (χ1) is 6.62. The maximum atomic E-state index is 2.97. The Kier molecular flexibility index (Phi) is 11.3. The molecule has 0 aliphatic heterocycles. The van der Waals surface area contributed by atoms with Crippen molar-refractivity contribution in [2.24, 2.45) is 0 Å². The molecule has 15 heavy (non-hydrogen) atoms. The third-order valence-electron chi connectivity index (χ3n) is 2.19. The minimum atomic E-state index is -1.02. The molecule has 0 radical (unpaired) electrons. The highest BCUT2D eigenvalue weighted by Gasteiger charge is 2.61. The summed E-state index contributed by atoms with van der Waals surface area (Å²) in [5.74, 6) is 0. The molecular weight excluding hydrogens is 918 g/mol. The minimum absolute atomic E-state index is 1.01. The first-order valence-corrected chi connectivity index (χ1v) is 31.9. The summed E-state index contributed by atoms with van der Waals surface area (Å²) in [7, 11) is 0. The average molecular weight is 932 g/mol. The van der Waals surface area contributed by atoms with Crippen molar-refractivity contribution in [1.29, 1.82) is 0 Å². The number of hydrogen-bond acceptors (Lipinski definition) is 0. The molecule has 0 saturated carbocycles. The number of hydrogen-bond donors (Lipinski definition) is 0. The van der Waals surface area contributed by atoms with E-state index >= 15 is 0 Å². The quantitative estimate of drug-likeness (QED) is 0.155. The SMILES string of the molecule is CCC[Si](I)(I)[Si](I)(CCC)[Si](I)(I)I. The lowest BCUT2D eigenvalue weighted by molar-refractivity contribution is 1.06. The Morgan fingerprint density at radius 1 is 0.733 bits per heavy atom. The first-order valence-electron chi connectivity index (χ1n) is 4.76. The van der Waals surface area contributed by atoms with Gasteiger partial charge >= 0.3 is 0 Å². The molecule has 0 nitrogen and oxygen atoms in total. The normalized spacial score (nSPS) is 17.6. The summed E-state index contributed by atoms with van der Waals surface area (Å²) < 4.78 is -3.05. The van der Waals surface area contributed by atoms with Gasteiger partial charge in [0.1, 0.15) is 0 Å². The second-order valence-corrected chi connectivity index (χ2v) is 97.2. The van der Waals surface area contributed by atoms with Crippen molar-refractivity contribution in [2.75, 3.05) is 0 Å². The van der Waals surface area contributed by atoms with E-state index in [0.29, 0.717) is 0 Å². The van der Waals surface area contributed by atoms with E-state index in [1.807, 2.05) is 0 Å². The fraction of sp³-hybridized carbons (Fsp3) is 1.00. The van der Waals surface area contributed by atoms with Crippen LogP contribution < -0.4 is 0 Å². The molecule has 0 fully saturated rings. The lowest BCUT2D eigenvalue weighted by atomic mass is 10.6. The Labute approximate surface area is 172 Å².